The Morgan fingerprint density at radius 1 is 0.947 bits per heavy atom. The fourth-order valence-corrected chi connectivity index (χ4v) is 3.43. The highest BCUT2D eigenvalue weighted by Gasteiger charge is 2.30. The van der Waals surface area contributed by atoms with Crippen molar-refractivity contribution in [3.05, 3.63) is 0 Å². The maximum Gasteiger partial charge on any atom is -0.0329 e. The van der Waals surface area contributed by atoms with Crippen LogP contribution in [0.25, 0.3) is 0 Å². The highest BCUT2D eigenvalue weighted by Crippen LogP contribution is 2.42. The van der Waals surface area contributed by atoms with Crippen LogP contribution in [0.2, 0.25) is 0 Å². The van der Waals surface area contributed by atoms with E-state index in [1.54, 1.807) is 0 Å². The molecule has 2 aliphatic carbocycles. The lowest BCUT2D eigenvalue weighted by Crippen LogP contribution is -2.13. The van der Waals surface area contributed by atoms with Crippen molar-refractivity contribution in [2.24, 2.45) is 22.7 Å². The van der Waals surface area contributed by atoms with Crippen LogP contribution in [-0.4, -0.2) is 0 Å². The van der Waals surface area contributed by atoms with E-state index in [2.05, 4.69) is 41.5 Å². The standard InChI is InChI=1S/C9H18.C8H16.C2H6/c1-4-8-5-6-9(2,3)7-8;1-7-5-4-6-8(7,2)3;1-2/h8H,4-7H2,1-3H3;7H,4-6H2,1-3H3;1-2H3. The first-order valence-electron chi connectivity index (χ1n) is 8.77. The van der Waals surface area contributed by atoms with Crippen molar-refractivity contribution < 1.29 is 0 Å². The molecule has 2 fully saturated rings. The van der Waals surface area contributed by atoms with E-state index in [-0.39, 0.29) is 0 Å². The molecule has 2 aliphatic rings. The summed E-state index contributed by atoms with van der Waals surface area (Å²) in [7, 11) is 0. The summed E-state index contributed by atoms with van der Waals surface area (Å²) in [5, 5.41) is 0. The predicted octanol–water partition coefficient (Wildman–Crippen LogP) is 7.08. The highest BCUT2D eigenvalue weighted by molar-refractivity contribution is 4.81. The summed E-state index contributed by atoms with van der Waals surface area (Å²) in [6.45, 7) is 18.2. The Hall–Kier alpha value is 0. The molecule has 2 unspecified atom stereocenters. The molecule has 2 saturated carbocycles. The molecule has 0 aliphatic heterocycles. The Bertz CT molecular complexity index is 224. The van der Waals surface area contributed by atoms with Crippen molar-refractivity contribution >= 4 is 0 Å². The molecule has 19 heavy (non-hydrogen) atoms. The van der Waals surface area contributed by atoms with Crippen LogP contribution >= 0.6 is 0 Å². The largest absolute Gasteiger partial charge is 0.0683 e. The van der Waals surface area contributed by atoms with Crippen LogP contribution in [-0.2, 0) is 0 Å². The molecule has 0 heterocycles. The monoisotopic (exact) mass is 268 g/mol. The second-order valence-electron chi connectivity index (χ2n) is 7.96. The maximum absolute atomic E-state index is 2.39. The van der Waals surface area contributed by atoms with Crippen LogP contribution in [0.3, 0.4) is 0 Å². The van der Waals surface area contributed by atoms with Gasteiger partial charge in [0.2, 0.25) is 0 Å². The van der Waals surface area contributed by atoms with E-state index >= 15 is 0 Å². The average molecular weight is 269 g/mol. The van der Waals surface area contributed by atoms with Gasteiger partial charge in [-0.2, -0.15) is 0 Å². The van der Waals surface area contributed by atoms with Gasteiger partial charge < -0.3 is 0 Å². The van der Waals surface area contributed by atoms with E-state index < -0.39 is 0 Å². The van der Waals surface area contributed by atoms with Crippen molar-refractivity contribution in [1.82, 2.24) is 0 Å². The van der Waals surface area contributed by atoms with E-state index in [0.717, 1.165) is 11.8 Å². The van der Waals surface area contributed by atoms with Crippen molar-refractivity contribution in [2.45, 2.75) is 100 Å². The third-order valence-electron chi connectivity index (χ3n) is 5.44. The van der Waals surface area contributed by atoms with E-state index in [1.165, 1.54) is 44.9 Å². The zero-order chi connectivity index (χ0) is 15.1. The molecule has 2 rings (SSSR count). The third kappa shape index (κ3) is 6.82. The Morgan fingerprint density at radius 3 is 1.68 bits per heavy atom. The van der Waals surface area contributed by atoms with Crippen molar-refractivity contribution in [3.63, 3.8) is 0 Å². The molecule has 0 N–H and O–H groups in total. The van der Waals surface area contributed by atoms with Gasteiger partial charge in [0.1, 0.15) is 0 Å². The summed E-state index contributed by atoms with van der Waals surface area (Å²) < 4.78 is 0. The van der Waals surface area contributed by atoms with E-state index in [1.807, 2.05) is 13.8 Å². The summed E-state index contributed by atoms with van der Waals surface area (Å²) >= 11 is 0. The van der Waals surface area contributed by atoms with E-state index in [9.17, 15) is 0 Å². The topological polar surface area (TPSA) is 0 Å². The molecule has 116 valence electrons. The van der Waals surface area contributed by atoms with Crippen molar-refractivity contribution in [3.8, 4) is 0 Å². The molecule has 0 nitrogen and oxygen atoms in total. The molecule has 0 amide bonds. The summed E-state index contributed by atoms with van der Waals surface area (Å²) in [4.78, 5) is 0. The molecule has 2 atom stereocenters. The number of rotatable bonds is 1. The lowest BCUT2D eigenvalue weighted by molar-refractivity contribution is 0.281. The predicted molar refractivity (Wildman–Crippen MR) is 89.6 cm³/mol. The van der Waals surface area contributed by atoms with Gasteiger partial charge in [0.05, 0.1) is 0 Å². The zero-order valence-electron chi connectivity index (χ0n) is 15.1. The summed E-state index contributed by atoms with van der Waals surface area (Å²) in [5.41, 5.74) is 1.32. The first-order chi connectivity index (χ1) is 8.77. The molecule has 0 aromatic heterocycles. The summed E-state index contributed by atoms with van der Waals surface area (Å²) in [6.07, 6.45) is 10.1. The molecule has 0 aromatic rings. The third-order valence-corrected chi connectivity index (χ3v) is 5.44. The lowest BCUT2D eigenvalue weighted by atomic mass is 9.83. The first kappa shape index (κ1) is 19.0. The molecular weight excluding hydrogens is 228 g/mol. The normalized spacial score (nSPS) is 30.9. The maximum atomic E-state index is 2.39. The minimum absolute atomic E-state index is 0.653. The molecule has 0 spiro atoms. The SMILES string of the molecule is CC.CC1CCCC1(C)C.CCC1CCC(C)(C)C1. The van der Waals surface area contributed by atoms with Gasteiger partial charge in [0, 0.05) is 0 Å². The first-order valence-corrected chi connectivity index (χ1v) is 8.77. The van der Waals surface area contributed by atoms with Crippen LogP contribution < -0.4 is 0 Å². The molecular formula is C19H40. The van der Waals surface area contributed by atoms with Crippen LogP contribution in [0.15, 0.2) is 0 Å². The molecule has 0 radical (unpaired) electrons. The van der Waals surface area contributed by atoms with Gasteiger partial charge in [-0.3, -0.25) is 0 Å². The average Bonchev–Trinajstić information content (AvgIpc) is 2.85. The van der Waals surface area contributed by atoms with Gasteiger partial charge in [0.15, 0.2) is 0 Å². The Morgan fingerprint density at radius 2 is 1.53 bits per heavy atom. The highest BCUT2D eigenvalue weighted by atomic mass is 14.4. The summed E-state index contributed by atoms with van der Waals surface area (Å²) in [6, 6.07) is 0. The number of hydrogen-bond acceptors (Lipinski definition) is 0. The Labute approximate surface area is 123 Å². The van der Waals surface area contributed by atoms with E-state index in [0.29, 0.717) is 10.8 Å². The molecule has 0 aromatic carbocycles. The van der Waals surface area contributed by atoms with Gasteiger partial charge in [-0.25, -0.2) is 0 Å². The van der Waals surface area contributed by atoms with Gasteiger partial charge in [-0.1, -0.05) is 74.7 Å². The second kappa shape index (κ2) is 8.32. The minimum Gasteiger partial charge on any atom is -0.0683 e. The van der Waals surface area contributed by atoms with Gasteiger partial charge in [-0.15, -0.1) is 0 Å². The van der Waals surface area contributed by atoms with Gasteiger partial charge >= 0.3 is 0 Å². The van der Waals surface area contributed by atoms with Crippen molar-refractivity contribution in [2.75, 3.05) is 0 Å². The van der Waals surface area contributed by atoms with E-state index in [4.69, 9.17) is 0 Å². The molecule has 0 saturated heterocycles. The smallest absolute Gasteiger partial charge is 0.0329 e. The van der Waals surface area contributed by atoms with Crippen LogP contribution in [0.4, 0.5) is 0 Å². The van der Waals surface area contributed by atoms with Crippen LogP contribution in [0.1, 0.15) is 100 Å². The lowest BCUT2D eigenvalue weighted by Gasteiger charge is -2.22. The van der Waals surface area contributed by atoms with Crippen LogP contribution in [0.5, 0.6) is 0 Å². The van der Waals surface area contributed by atoms with Crippen LogP contribution in [0, 0.1) is 22.7 Å². The quantitative estimate of drug-likeness (QED) is 0.476. The number of hydrogen-bond donors (Lipinski definition) is 0. The Balaban J connectivity index is 0.000000303. The minimum atomic E-state index is 0.653. The Kier molecular flexibility index (Phi) is 8.32. The van der Waals surface area contributed by atoms with Gasteiger partial charge in [0.25, 0.3) is 0 Å². The molecule has 0 bridgehead atoms. The fraction of sp³-hybridized carbons (Fsp3) is 1.00. The second-order valence-corrected chi connectivity index (χ2v) is 7.96. The zero-order valence-corrected chi connectivity index (χ0v) is 15.1. The van der Waals surface area contributed by atoms with Crippen molar-refractivity contribution in [1.29, 1.82) is 0 Å². The fourth-order valence-electron chi connectivity index (χ4n) is 3.43. The molecule has 0 heteroatoms. The summed E-state index contributed by atoms with van der Waals surface area (Å²) in [5.74, 6) is 2.00. The van der Waals surface area contributed by atoms with Gasteiger partial charge in [-0.05, 0) is 48.3 Å².